The topological polar surface area (TPSA) is 207 Å². The Morgan fingerprint density at radius 2 is 1.49 bits per heavy atom. The highest BCUT2D eigenvalue weighted by molar-refractivity contribution is 5.96. The molecule has 0 spiro atoms. The molecule has 1 aromatic heterocycles. The van der Waals surface area contributed by atoms with Gasteiger partial charge in [0.25, 0.3) is 0 Å². The van der Waals surface area contributed by atoms with Gasteiger partial charge in [-0.2, -0.15) is 0 Å². The van der Waals surface area contributed by atoms with Gasteiger partial charge >= 0.3 is 5.97 Å². The van der Waals surface area contributed by atoms with Crippen LogP contribution in [-0.2, 0) is 43.2 Å². The van der Waals surface area contributed by atoms with Crippen molar-refractivity contribution in [1.29, 1.82) is 0 Å². The van der Waals surface area contributed by atoms with Gasteiger partial charge < -0.3 is 41.8 Å². The molecule has 8 N–H and O–H groups in total. The Morgan fingerprint density at radius 1 is 0.816 bits per heavy atom. The number of nitrogens with two attached hydrogens (primary N) is 1. The van der Waals surface area contributed by atoms with Crippen LogP contribution in [0, 0.1) is 0 Å². The van der Waals surface area contributed by atoms with Crippen molar-refractivity contribution in [2.75, 3.05) is 13.1 Å². The van der Waals surface area contributed by atoms with Crippen molar-refractivity contribution >= 4 is 40.5 Å². The third-order valence-corrected chi connectivity index (χ3v) is 8.66. The zero-order valence-electron chi connectivity index (χ0n) is 26.8. The summed E-state index contributed by atoms with van der Waals surface area (Å²) in [5, 5.41) is 28.6. The number of nitrogens with one attached hydrogen (secondary N) is 4. The largest absolute Gasteiger partial charge is 0.508 e. The molecule has 0 bridgehead atoms. The van der Waals surface area contributed by atoms with Gasteiger partial charge in [0, 0.05) is 42.9 Å². The van der Waals surface area contributed by atoms with E-state index in [1.165, 1.54) is 17.0 Å². The zero-order chi connectivity index (χ0) is 34.9. The van der Waals surface area contributed by atoms with Crippen LogP contribution in [-0.4, -0.2) is 87.0 Å². The fourth-order valence-electron chi connectivity index (χ4n) is 6.14. The fraction of sp³-hybridized carbons (Fsp3) is 0.306. The number of likely N-dealkylation sites (tertiary alicyclic amines) is 1. The molecule has 13 nitrogen and oxygen atoms in total. The predicted octanol–water partition coefficient (Wildman–Crippen LogP) is 1.39. The van der Waals surface area contributed by atoms with Crippen molar-refractivity contribution in [3.8, 4) is 5.75 Å². The van der Waals surface area contributed by atoms with Crippen molar-refractivity contribution < 1.29 is 34.2 Å². The monoisotopic (exact) mass is 668 g/mol. The zero-order valence-corrected chi connectivity index (χ0v) is 26.8. The van der Waals surface area contributed by atoms with Crippen LogP contribution < -0.4 is 21.7 Å². The molecule has 1 aliphatic heterocycles. The van der Waals surface area contributed by atoms with E-state index in [1.807, 2.05) is 30.3 Å². The van der Waals surface area contributed by atoms with Crippen LogP contribution in [0.5, 0.6) is 5.75 Å². The molecule has 4 atom stereocenters. The Labute approximate surface area is 282 Å². The number of fused-ring (bicyclic) bond motifs is 1. The van der Waals surface area contributed by atoms with Crippen molar-refractivity contribution in [2.45, 2.75) is 56.3 Å². The SMILES string of the molecule is NCC(=O)N[C@H](Cc1ccc(O)cc1)C(=O)N1CCC[C@H]1C(=O)N[C@@H](Cc1c[nH]c2ccccc12)C(=O)N[C@@H](Cc1ccccc1)C(=O)O. The molecule has 0 radical (unpaired) electrons. The summed E-state index contributed by atoms with van der Waals surface area (Å²) in [6.07, 6.45) is 2.77. The third kappa shape index (κ3) is 8.82. The number of nitrogens with zero attached hydrogens (tertiary/aromatic N) is 1. The minimum absolute atomic E-state index is 0.0392. The Morgan fingerprint density at radius 3 is 2.20 bits per heavy atom. The lowest BCUT2D eigenvalue weighted by molar-refractivity contribution is -0.143. The Balaban J connectivity index is 1.37. The molecule has 0 unspecified atom stereocenters. The first-order chi connectivity index (χ1) is 23.6. The lowest BCUT2D eigenvalue weighted by Crippen LogP contribution is -2.58. The van der Waals surface area contributed by atoms with E-state index in [-0.39, 0.29) is 38.1 Å². The number of carboxylic acids is 1. The summed E-state index contributed by atoms with van der Waals surface area (Å²) in [7, 11) is 0. The molecule has 0 aliphatic carbocycles. The quantitative estimate of drug-likeness (QED) is 0.104. The number of H-pyrrole nitrogens is 1. The molecule has 4 amide bonds. The molecule has 4 aromatic rings. The molecule has 5 rings (SSSR count). The molecular formula is C36H40N6O7. The molecule has 1 aliphatic rings. The highest BCUT2D eigenvalue weighted by Gasteiger charge is 2.39. The van der Waals surface area contributed by atoms with Crippen molar-refractivity contribution in [1.82, 2.24) is 25.8 Å². The highest BCUT2D eigenvalue weighted by Crippen LogP contribution is 2.23. The summed E-state index contributed by atoms with van der Waals surface area (Å²) in [6, 6.07) is 18.2. The molecule has 0 saturated carbocycles. The smallest absolute Gasteiger partial charge is 0.326 e. The van der Waals surface area contributed by atoms with Gasteiger partial charge in [0.2, 0.25) is 23.6 Å². The molecule has 49 heavy (non-hydrogen) atoms. The number of aliphatic carboxylic acids is 1. The maximum atomic E-state index is 13.9. The summed E-state index contributed by atoms with van der Waals surface area (Å²) in [6.45, 7) is -0.0888. The Kier molecular flexibility index (Phi) is 11.3. The Bertz CT molecular complexity index is 1790. The van der Waals surface area contributed by atoms with E-state index in [1.54, 1.807) is 42.6 Å². The Hall–Kier alpha value is -5.69. The molecular weight excluding hydrogens is 628 g/mol. The second-order valence-corrected chi connectivity index (χ2v) is 12.1. The number of amides is 4. The van der Waals surface area contributed by atoms with Gasteiger partial charge in [0.15, 0.2) is 0 Å². The molecule has 2 heterocycles. The van der Waals surface area contributed by atoms with Crippen molar-refractivity contribution in [3.05, 3.63) is 102 Å². The van der Waals surface area contributed by atoms with Crippen LogP contribution in [0.25, 0.3) is 10.9 Å². The van der Waals surface area contributed by atoms with E-state index in [0.717, 1.165) is 22.0 Å². The number of rotatable bonds is 14. The number of carbonyl (C=O) groups excluding carboxylic acids is 4. The second kappa shape index (κ2) is 15.9. The van der Waals surface area contributed by atoms with Crippen LogP contribution in [0.15, 0.2) is 85.1 Å². The molecule has 1 fully saturated rings. The minimum Gasteiger partial charge on any atom is -0.508 e. The third-order valence-electron chi connectivity index (χ3n) is 8.66. The number of hydrogen-bond donors (Lipinski definition) is 7. The van der Waals surface area contributed by atoms with E-state index in [4.69, 9.17) is 5.73 Å². The maximum Gasteiger partial charge on any atom is 0.326 e. The number of benzene rings is 3. The van der Waals surface area contributed by atoms with Gasteiger partial charge in [-0.05, 0) is 47.7 Å². The lowest BCUT2D eigenvalue weighted by Gasteiger charge is -2.30. The van der Waals surface area contributed by atoms with Crippen LogP contribution in [0.3, 0.4) is 0 Å². The second-order valence-electron chi connectivity index (χ2n) is 12.1. The number of aromatic nitrogens is 1. The number of para-hydroxylation sites is 1. The average molecular weight is 669 g/mol. The van der Waals surface area contributed by atoms with Gasteiger partial charge in [0.1, 0.15) is 29.9 Å². The number of phenols is 1. The number of aromatic amines is 1. The summed E-state index contributed by atoms with van der Waals surface area (Å²) in [4.78, 5) is 70.7. The van der Waals surface area contributed by atoms with E-state index in [2.05, 4.69) is 20.9 Å². The van der Waals surface area contributed by atoms with Gasteiger partial charge in [-0.25, -0.2) is 4.79 Å². The fourth-order valence-corrected chi connectivity index (χ4v) is 6.14. The molecule has 1 saturated heterocycles. The maximum absolute atomic E-state index is 13.9. The van der Waals surface area contributed by atoms with Crippen molar-refractivity contribution in [2.24, 2.45) is 5.73 Å². The predicted molar refractivity (Wildman–Crippen MR) is 181 cm³/mol. The summed E-state index contributed by atoms with van der Waals surface area (Å²) >= 11 is 0. The standard InChI is InChI=1S/C36H40N6O7/c37-20-32(44)39-29(17-23-12-14-25(43)15-13-23)35(47)42-16-6-11-31(42)34(46)40-28(19-24-21-38-27-10-5-4-9-26(24)27)33(45)41-30(36(48)49)18-22-7-2-1-3-8-22/h1-5,7-10,12-15,21,28-31,38,43H,6,11,16-20,37H2,(H,39,44)(H,40,46)(H,41,45)(H,48,49)/t28-,29+,30-,31-/m0/s1. The minimum atomic E-state index is -1.26. The molecule has 13 heteroatoms. The van der Waals surface area contributed by atoms with E-state index in [9.17, 15) is 34.2 Å². The van der Waals surface area contributed by atoms with Crippen molar-refractivity contribution in [3.63, 3.8) is 0 Å². The van der Waals surface area contributed by atoms with E-state index in [0.29, 0.717) is 18.4 Å². The van der Waals surface area contributed by atoms with Crippen LogP contribution in [0.4, 0.5) is 0 Å². The van der Waals surface area contributed by atoms with Crippen LogP contribution in [0.2, 0.25) is 0 Å². The first-order valence-corrected chi connectivity index (χ1v) is 16.1. The first kappa shape index (κ1) is 34.6. The van der Waals surface area contributed by atoms with Gasteiger partial charge in [0.05, 0.1) is 6.54 Å². The molecule has 3 aromatic carbocycles. The normalized spacial score (nSPS) is 16.0. The summed E-state index contributed by atoms with van der Waals surface area (Å²) < 4.78 is 0. The summed E-state index contributed by atoms with van der Waals surface area (Å²) in [5.41, 5.74) is 8.49. The van der Waals surface area contributed by atoms with Gasteiger partial charge in [-0.1, -0.05) is 60.7 Å². The lowest BCUT2D eigenvalue weighted by atomic mass is 10.0. The van der Waals surface area contributed by atoms with Gasteiger partial charge in [-0.3, -0.25) is 19.2 Å². The highest BCUT2D eigenvalue weighted by atomic mass is 16.4. The van der Waals surface area contributed by atoms with E-state index >= 15 is 0 Å². The number of carboxylic acid groups (broad SMARTS) is 1. The van der Waals surface area contributed by atoms with E-state index < -0.39 is 53.8 Å². The number of phenolic OH excluding ortho intramolecular Hbond substituents is 1. The summed E-state index contributed by atoms with van der Waals surface area (Å²) in [5.74, 6) is -3.46. The number of carbonyl (C=O) groups is 5. The average Bonchev–Trinajstić information content (AvgIpc) is 3.76. The number of aromatic hydroxyl groups is 1. The van der Waals surface area contributed by atoms with Crippen LogP contribution >= 0.6 is 0 Å². The van der Waals surface area contributed by atoms with Crippen LogP contribution in [0.1, 0.15) is 29.5 Å². The first-order valence-electron chi connectivity index (χ1n) is 16.1. The van der Waals surface area contributed by atoms with Gasteiger partial charge in [-0.15, -0.1) is 0 Å². The molecule has 256 valence electrons. The number of hydrogen-bond acceptors (Lipinski definition) is 7.